The van der Waals surface area contributed by atoms with Crippen molar-refractivity contribution in [2.75, 3.05) is 5.75 Å². The quantitative estimate of drug-likeness (QED) is 0.821. The molecule has 0 bridgehead atoms. The van der Waals surface area contributed by atoms with E-state index in [1.807, 2.05) is 30.3 Å². The molecular formula is C12H12O2S2. The Morgan fingerprint density at radius 1 is 1.44 bits per heavy atom. The first-order chi connectivity index (χ1) is 7.60. The molecule has 4 heteroatoms. The third kappa shape index (κ3) is 2.51. The molecule has 1 fully saturated rings. The zero-order valence-electron chi connectivity index (χ0n) is 8.84. The van der Waals surface area contributed by atoms with E-state index < -0.39 is 4.93 Å². The van der Waals surface area contributed by atoms with Gasteiger partial charge in [0.05, 0.1) is 0 Å². The molecule has 1 aliphatic rings. The number of hydrogen-bond acceptors (Lipinski definition) is 4. The number of thioether (sulfide) groups is 2. The summed E-state index contributed by atoms with van der Waals surface area (Å²) in [6.45, 7) is 1.52. The second-order valence-electron chi connectivity index (χ2n) is 3.62. The van der Waals surface area contributed by atoms with E-state index in [1.54, 1.807) is 6.08 Å². The Labute approximate surface area is 103 Å². The van der Waals surface area contributed by atoms with E-state index in [9.17, 15) is 9.90 Å². The minimum Gasteiger partial charge on any atom is -0.374 e. The van der Waals surface area contributed by atoms with E-state index >= 15 is 0 Å². The maximum Gasteiger partial charge on any atom is 0.154 e. The molecule has 0 aliphatic carbocycles. The van der Waals surface area contributed by atoms with Crippen molar-refractivity contribution in [3.63, 3.8) is 0 Å². The average Bonchev–Trinajstić information content (AvgIpc) is 2.62. The van der Waals surface area contributed by atoms with Crippen LogP contribution in [0, 0.1) is 0 Å². The molecule has 1 saturated heterocycles. The number of carbonyl (C=O) groups is 1. The summed E-state index contributed by atoms with van der Waals surface area (Å²) in [4.78, 5) is 10.1. The van der Waals surface area contributed by atoms with Gasteiger partial charge in [0.25, 0.3) is 0 Å². The van der Waals surface area contributed by atoms with Gasteiger partial charge in [0, 0.05) is 16.1 Å². The standard InChI is InChI=1S/C12H12O2S2/c1-9(13)7-11-15-8-12(14,16-11)10-5-3-2-4-6-10/h2-7,14H,8H2,1H3. The number of rotatable bonds is 2. The first kappa shape index (κ1) is 11.8. The highest BCUT2D eigenvalue weighted by Gasteiger charge is 2.37. The Morgan fingerprint density at radius 2 is 2.12 bits per heavy atom. The topological polar surface area (TPSA) is 37.3 Å². The SMILES string of the molecule is CC(=O)C=C1SCC(O)(c2ccccc2)S1. The van der Waals surface area contributed by atoms with Gasteiger partial charge in [-0.05, 0) is 12.5 Å². The number of allylic oxidation sites excluding steroid dienone is 1. The number of hydrogen-bond donors (Lipinski definition) is 1. The normalized spacial score (nSPS) is 27.2. The van der Waals surface area contributed by atoms with Crippen LogP contribution in [0.3, 0.4) is 0 Å². The average molecular weight is 252 g/mol. The van der Waals surface area contributed by atoms with Crippen LogP contribution in [0.4, 0.5) is 0 Å². The molecule has 1 N–H and O–H groups in total. The Bertz CT molecular complexity index is 428. The number of benzene rings is 1. The van der Waals surface area contributed by atoms with Crippen molar-refractivity contribution in [1.29, 1.82) is 0 Å². The van der Waals surface area contributed by atoms with Crippen molar-refractivity contribution in [2.24, 2.45) is 0 Å². The number of carbonyl (C=O) groups excluding carboxylic acids is 1. The summed E-state index contributed by atoms with van der Waals surface area (Å²) >= 11 is 2.88. The third-order valence-corrected chi connectivity index (χ3v) is 5.01. The maximum atomic E-state index is 11.0. The van der Waals surface area contributed by atoms with Crippen LogP contribution < -0.4 is 0 Å². The van der Waals surface area contributed by atoms with Crippen molar-refractivity contribution in [1.82, 2.24) is 0 Å². The van der Waals surface area contributed by atoms with Crippen molar-refractivity contribution in [3.05, 3.63) is 46.2 Å². The molecular weight excluding hydrogens is 240 g/mol. The van der Waals surface area contributed by atoms with Gasteiger partial charge in [-0.25, -0.2) is 0 Å². The molecule has 84 valence electrons. The molecule has 1 aromatic rings. The largest absolute Gasteiger partial charge is 0.374 e. The molecule has 1 unspecified atom stereocenters. The van der Waals surface area contributed by atoms with Gasteiger partial charge in [-0.2, -0.15) is 0 Å². The van der Waals surface area contributed by atoms with Gasteiger partial charge < -0.3 is 5.11 Å². The highest BCUT2D eigenvalue weighted by Crippen LogP contribution is 2.52. The lowest BCUT2D eigenvalue weighted by molar-refractivity contribution is -0.112. The van der Waals surface area contributed by atoms with Crippen LogP contribution in [0.2, 0.25) is 0 Å². The Balaban J connectivity index is 2.21. The van der Waals surface area contributed by atoms with Gasteiger partial charge in [-0.3, -0.25) is 4.79 Å². The van der Waals surface area contributed by atoms with Crippen LogP contribution in [0.15, 0.2) is 40.6 Å². The van der Waals surface area contributed by atoms with Gasteiger partial charge in [-0.1, -0.05) is 42.1 Å². The highest BCUT2D eigenvalue weighted by molar-refractivity contribution is 8.25. The lowest BCUT2D eigenvalue weighted by atomic mass is 10.1. The van der Waals surface area contributed by atoms with E-state index in [0.29, 0.717) is 5.75 Å². The summed E-state index contributed by atoms with van der Waals surface area (Å²) < 4.78 is 0.888. The molecule has 16 heavy (non-hydrogen) atoms. The minimum atomic E-state index is -0.896. The zero-order valence-corrected chi connectivity index (χ0v) is 10.5. The first-order valence-electron chi connectivity index (χ1n) is 4.92. The summed E-state index contributed by atoms with van der Waals surface area (Å²) in [6.07, 6.45) is 1.58. The molecule has 1 heterocycles. The summed E-state index contributed by atoms with van der Waals surface area (Å²) in [7, 11) is 0. The van der Waals surface area contributed by atoms with Gasteiger partial charge in [0.1, 0.15) is 4.93 Å². The third-order valence-electron chi connectivity index (χ3n) is 2.23. The van der Waals surface area contributed by atoms with Crippen molar-refractivity contribution in [2.45, 2.75) is 11.9 Å². The van der Waals surface area contributed by atoms with Crippen LogP contribution >= 0.6 is 23.5 Å². The van der Waals surface area contributed by atoms with Gasteiger partial charge in [0.2, 0.25) is 0 Å². The van der Waals surface area contributed by atoms with Crippen LogP contribution in [-0.4, -0.2) is 16.6 Å². The molecule has 0 spiro atoms. The minimum absolute atomic E-state index is 0.0207. The van der Waals surface area contributed by atoms with E-state index in [2.05, 4.69) is 0 Å². The molecule has 0 aromatic heterocycles. The second kappa shape index (κ2) is 4.65. The Hall–Kier alpha value is -0.710. The van der Waals surface area contributed by atoms with Gasteiger partial charge in [0.15, 0.2) is 5.78 Å². The Kier molecular flexibility index (Phi) is 3.42. The predicted octanol–water partition coefficient (Wildman–Crippen LogP) is 2.74. The van der Waals surface area contributed by atoms with Crippen LogP contribution in [-0.2, 0) is 9.73 Å². The predicted molar refractivity (Wildman–Crippen MR) is 69.2 cm³/mol. The fraction of sp³-hybridized carbons (Fsp3) is 0.250. The van der Waals surface area contributed by atoms with Crippen molar-refractivity contribution in [3.8, 4) is 0 Å². The van der Waals surface area contributed by atoms with E-state index in [0.717, 1.165) is 9.80 Å². The fourth-order valence-electron chi connectivity index (χ4n) is 1.47. The molecule has 0 radical (unpaired) electrons. The fourth-order valence-corrected chi connectivity index (χ4v) is 4.28. The lowest BCUT2D eigenvalue weighted by Crippen LogP contribution is -2.20. The van der Waals surface area contributed by atoms with Crippen molar-refractivity contribution >= 4 is 29.3 Å². The van der Waals surface area contributed by atoms with E-state index in [-0.39, 0.29) is 5.78 Å². The van der Waals surface area contributed by atoms with E-state index in [1.165, 1.54) is 30.4 Å². The zero-order chi connectivity index (χ0) is 11.6. The van der Waals surface area contributed by atoms with Crippen molar-refractivity contribution < 1.29 is 9.90 Å². The van der Waals surface area contributed by atoms with Crippen LogP contribution in [0.25, 0.3) is 0 Å². The van der Waals surface area contributed by atoms with Gasteiger partial charge >= 0.3 is 0 Å². The summed E-state index contributed by atoms with van der Waals surface area (Å²) in [6, 6.07) is 9.55. The lowest BCUT2D eigenvalue weighted by Gasteiger charge is -2.20. The maximum absolute atomic E-state index is 11.0. The monoisotopic (exact) mass is 252 g/mol. The Morgan fingerprint density at radius 3 is 2.75 bits per heavy atom. The summed E-state index contributed by atoms with van der Waals surface area (Å²) in [5.74, 6) is 0.605. The molecule has 2 nitrogen and oxygen atoms in total. The van der Waals surface area contributed by atoms with E-state index in [4.69, 9.17) is 0 Å². The smallest absolute Gasteiger partial charge is 0.154 e. The molecule has 2 rings (SSSR count). The van der Waals surface area contributed by atoms with Crippen LogP contribution in [0.5, 0.6) is 0 Å². The molecule has 1 aliphatic heterocycles. The number of aliphatic hydroxyl groups is 1. The molecule has 0 saturated carbocycles. The first-order valence-corrected chi connectivity index (χ1v) is 6.72. The molecule has 1 aromatic carbocycles. The summed E-state index contributed by atoms with van der Waals surface area (Å²) in [5, 5.41) is 10.4. The molecule has 1 atom stereocenters. The highest BCUT2D eigenvalue weighted by atomic mass is 32.2. The summed E-state index contributed by atoms with van der Waals surface area (Å²) in [5.41, 5.74) is 0.888. The second-order valence-corrected chi connectivity index (χ2v) is 6.21. The van der Waals surface area contributed by atoms with Gasteiger partial charge in [-0.15, -0.1) is 11.8 Å². The number of ketones is 1. The van der Waals surface area contributed by atoms with Crippen LogP contribution in [0.1, 0.15) is 12.5 Å². The molecule has 0 amide bonds.